The molecule has 25 heavy (non-hydrogen) atoms. The molecule has 1 atom stereocenters. The van der Waals surface area contributed by atoms with Crippen LogP contribution in [0.5, 0.6) is 0 Å². The fourth-order valence-corrected chi connectivity index (χ4v) is 4.16. The van der Waals surface area contributed by atoms with Gasteiger partial charge in [-0.1, -0.05) is 11.6 Å². The first-order chi connectivity index (χ1) is 11.9. The van der Waals surface area contributed by atoms with E-state index in [-0.39, 0.29) is 24.4 Å². The van der Waals surface area contributed by atoms with E-state index in [0.29, 0.717) is 22.1 Å². The highest BCUT2D eigenvalue weighted by atomic mass is 35.5. The van der Waals surface area contributed by atoms with Crippen molar-refractivity contribution in [3.63, 3.8) is 0 Å². The molecule has 0 saturated carbocycles. The summed E-state index contributed by atoms with van der Waals surface area (Å²) in [6.07, 6.45) is 0.831. The number of fused-ring (bicyclic) bond motifs is 1. The van der Waals surface area contributed by atoms with Crippen LogP contribution < -0.4 is 10.6 Å². The SMILES string of the molecule is Cc1cc(C(=O)NCC(=O)N[C@@H]2CCSc3ccc(Cl)cc32)c(C)o1. The van der Waals surface area contributed by atoms with Crippen LogP contribution in [0.2, 0.25) is 5.02 Å². The number of furan rings is 1. The van der Waals surface area contributed by atoms with E-state index in [1.165, 1.54) is 0 Å². The molecule has 0 fully saturated rings. The van der Waals surface area contributed by atoms with E-state index >= 15 is 0 Å². The first-order valence-electron chi connectivity index (χ1n) is 8.01. The van der Waals surface area contributed by atoms with Gasteiger partial charge in [0.25, 0.3) is 5.91 Å². The van der Waals surface area contributed by atoms with Gasteiger partial charge in [-0.05, 0) is 50.1 Å². The number of halogens is 1. The standard InChI is InChI=1S/C18H19ClN2O3S/c1-10-7-13(11(2)24-10)18(23)20-9-17(22)21-15-5-6-25-16-4-3-12(19)8-14(15)16/h3-4,7-8,15H,5-6,9H2,1-2H3,(H,20,23)(H,21,22)/t15-/m1/s1. The van der Waals surface area contributed by atoms with Gasteiger partial charge < -0.3 is 15.1 Å². The number of nitrogens with one attached hydrogen (secondary N) is 2. The van der Waals surface area contributed by atoms with Gasteiger partial charge in [-0.15, -0.1) is 11.8 Å². The summed E-state index contributed by atoms with van der Waals surface area (Å²) in [7, 11) is 0. The zero-order valence-electron chi connectivity index (χ0n) is 14.0. The van der Waals surface area contributed by atoms with Gasteiger partial charge in [-0.3, -0.25) is 9.59 Å². The van der Waals surface area contributed by atoms with Gasteiger partial charge in [0, 0.05) is 15.7 Å². The van der Waals surface area contributed by atoms with Crippen molar-refractivity contribution in [3.05, 3.63) is 51.9 Å². The molecule has 7 heteroatoms. The second kappa shape index (κ2) is 7.54. The van der Waals surface area contributed by atoms with Crippen LogP contribution in [-0.4, -0.2) is 24.1 Å². The average Bonchev–Trinajstić information content (AvgIpc) is 2.92. The van der Waals surface area contributed by atoms with Gasteiger partial charge in [0.15, 0.2) is 0 Å². The first kappa shape index (κ1) is 17.9. The van der Waals surface area contributed by atoms with Crippen LogP contribution >= 0.6 is 23.4 Å². The molecule has 0 aliphatic carbocycles. The average molecular weight is 379 g/mol. The smallest absolute Gasteiger partial charge is 0.255 e. The summed E-state index contributed by atoms with van der Waals surface area (Å²) < 4.78 is 5.34. The van der Waals surface area contributed by atoms with E-state index < -0.39 is 0 Å². The van der Waals surface area contributed by atoms with Crippen molar-refractivity contribution in [1.82, 2.24) is 10.6 Å². The Bertz CT molecular complexity index is 819. The van der Waals surface area contributed by atoms with Crippen molar-refractivity contribution in [2.75, 3.05) is 12.3 Å². The minimum Gasteiger partial charge on any atom is -0.466 e. The Hall–Kier alpha value is -1.92. The van der Waals surface area contributed by atoms with Gasteiger partial charge in [-0.2, -0.15) is 0 Å². The summed E-state index contributed by atoms with van der Waals surface area (Å²) in [4.78, 5) is 25.5. The number of carbonyl (C=O) groups is 2. The van der Waals surface area contributed by atoms with Crippen LogP contribution in [0.15, 0.2) is 33.6 Å². The molecule has 0 saturated heterocycles. The maximum atomic E-state index is 12.2. The monoisotopic (exact) mass is 378 g/mol. The highest BCUT2D eigenvalue weighted by Gasteiger charge is 2.23. The van der Waals surface area contributed by atoms with Gasteiger partial charge in [-0.25, -0.2) is 0 Å². The predicted octanol–water partition coefficient (Wildman–Crippen LogP) is 3.63. The number of hydrogen-bond donors (Lipinski definition) is 2. The lowest BCUT2D eigenvalue weighted by Crippen LogP contribution is -2.39. The van der Waals surface area contributed by atoms with E-state index in [9.17, 15) is 9.59 Å². The lowest BCUT2D eigenvalue weighted by molar-refractivity contribution is -0.120. The van der Waals surface area contributed by atoms with Crippen LogP contribution in [0.4, 0.5) is 0 Å². The number of aryl methyl sites for hydroxylation is 2. The Balaban J connectivity index is 1.60. The van der Waals surface area contributed by atoms with Crippen molar-refractivity contribution < 1.29 is 14.0 Å². The summed E-state index contributed by atoms with van der Waals surface area (Å²) in [6, 6.07) is 7.31. The Morgan fingerprint density at radius 1 is 1.32 bits per heavy atom. The fraction of sp³-hybridized carbons (Fsp3) is 0.333. The molecule has 1 aliphatic rings. The third-order valence-electron chi connectivity index (χ3n) is 4.04. The van der Waals surface area contributed by atoms with Crippen LogP contribution in [0.25, 0.3) is 0 Å². The molecular weight excluding hydrogens is 360 g/mol. The summed E-state index contributed by atoms with van der Waals surface area (Å²) in [5.41, 5.74) is 1.49. The second-order valence-corrected chi connectivity index (χ2v) is 7.52. The van der Waals surface area contributed by atoms with Crippen molar-refractivity contribution in [2.45, 2.75) is 31.2 Å². The molecule has 0 unspecified atom stereocenters. The van der Waals surface area contributed by atoms with E-state index in [2.05, 4.69) is 10.6 Å². The van der Waals surface area contributed by atoms with Crippen LogP contribution in [0, 0.1) is 13.8 Å². The molecule has 1 aromatic heterocycles. The number of rotatable bonds is 4. The zero-order chi connectivity index (χ0) is 18.0. The predicted molar refractivity (Wildman–Crippen MR) is 98.2 cm³/mol. The third kappa shape index (κ3) is 4.19. The molecule has 0 radical (unpaired) electrons. The maximum Gasteiger partial charge on any atom is 0.255 e. The normalized spacial score (nSPS) is 16.2. The molecule has 0 bridgehead atoms. The number of hydrogen-bond acceptors (Lipinski definition) is 4. The zero-order valence-corrected chi connectivity index (χ0v) is 15.6. The number of carbonyl (C=O) groups excluding carboxylic acids is 2. The summed E-state index contributed by atoms with van der Waals surface area (Å²) in [5.74, 6) is 1.60. The number of amides is 2. The molecule has 2 amide bonds. The topological polar surface area (TPSA) is 71.3 Å². The minimum atomic E-state index is -0.313. The highest BCUT2D eigenvalue weighted by Crippen LogP contribution is 2.37. The summed E-state index contributed by atoms with van der Waals surface area (Å²) >= 11 is 7.84. The van der Waals surface area contributed by atoms with E-state index in [1.807, 2.05) is 18.2 Å². The number of thioether (sulfide) groups is 1. The molecule has 2 N–H and O–H groups in total. The third-order valence-corrected chi connectivity index (χ3v) is 5.40. The van der Waals surface area contributed by atoms with Gasteiger partial charge >= 0.3 is 0 Å². The molecular formula is C18H19ClN2O3S. The lowest BCUT2D eigenvalue weighted by atomic mass is 10.0. The van der Waals surface area contributed by atoms with Crippen molar-refractivity contribution in [3.8, 4) is 0 Å². The molecule has 132 valence electrons. The molecule has 2 heterocycles. The molecule has 1 aliphatic heterocycles. The van der Waals surface area contributed by atoms with E-state index in [0.717, 1.165) is 22.6 Å². The Kier molecular flexibility index (Phi) is 5.39. The van der Waals surface area contributed by atoms with Crippen LogP contribution in [-0.2, 0) is 4.79 Å². The van der Waals surface area contributed by atoms with Gasteiger partial charge in [0.1, 0.15) is 11.5 Å². The molecule has 3 rings (SSSR count). The summed E-state index contributed by atoms with van der Waals surface area (Å²) in [5, 5.41) is 6.27. The molecule has 1 aromatic carbocycles. The minimum absolute atomic E-state index is 0.0813. The fourth-order valence-electron chi connectivity index (χ4n) is 2.87. The lowest BCUT2D eigenvalue weighted by Gasteiger charge is -2.26. The Labute approximate surface area is 155 Å². The molecule has 2 aromatic rings. The van der Waals surface area contributed by atoms with Crippen molar-refractivity contribution in [1.29, 1.82) is 0 Å². The van der Waals surface area contributed by atoms with Gasteiger partial charge in [0.05, 0.1) is 18.2 Å². The summed E-state index contributed by atoms with van der Waals surface area (Å²) in [6.45, 7) is 3.42. The van der Waals surface area contributed by atoms with E-state index in [1.54, 1.807) is 31.7 Å². The Morgan fingerprint density at radius 2 is 2.12 bits per heavy atom. The van der Waals surface area contributed by atoms with E-state index in [4.69, 9.17) is 16.0 Å². The largest absolute Gasteiger partial charge is 0.466 e. The maximum absolute atomic E-state index is 12.2. The van der Waals surface area contributed by atoms with Crippen molar-refractivity contribution in [2.24, 2.45) is 0 Å². The second-order valence-electron chi connectivity index (χ2n) is 5.95. The molecule has 5 nitrogen and oxygen atoms in total. The van der Waals surface area contributed by atoms with Gasteiger partial charge in [0.2, 0.25) is 5.91 Å². The quantitative estimate of drug-likeness (QED) is 0.852. The van der Waals surface area contributed by atoms with Crippen LogP contribution in [0.3, 0.4) is 0 Å². The first-order valence-corrected chi connectivity index (χ1v) is 9.37. The van der Waals surface area contributed by atoms with Crippen molar-refractivity contribution >= 4 is 35.2 Å². The van der Waals surface area contributed by atoms with Crippen LogP contribution in [0.1, 0.15) is 39.9 Å². The Morgan fingerprint density at radius 3 is 2.84 bits per heavy atom. The highest BCUT2D eigenvalue weighted by molar-refractivity contribution is 7.99. The number of benzene rings is 1. The molecule has 0 spiro atoms.